The third-order valence-electron chi connectivity index (χ3n) is 3.86. The van der Waals surface area contributed by atoms with Crippen molar-refractivity contribution in [1.29, 1.82) is 0 Å². The van der Waals surface area contributed by atoms with Gasteiger partial charge in [0.05, 0.1) is 13.2 Å². The van der Waals surface area contributed by atoms with E-state index in [9.17, 15) is 4.79 Å². The van der Waals surface area contributed by atoms with Crippen LogP contribution in [-0.4, -0.2) is 44.0 Å². The molecule has 0 aromatic carbocycles. The molecule has 0 aromatic heterocycles. The first-order valence-corrected chi connectivity index (χ1v) is 8.08. The number of rotatable bonds is 12. The van der Waals surface area contributed by atoms with E-state index in [-0.39, 0.29) is 0 Å². The van der Waals surface area contributed by atoms with Crippen molar-refractivity contribution in [2.24, 2.45) is 0 Å². The molecule has 111 valence electrons. The van der Waals surface area contributed by atoms with Gasteiger partial charge in [-0.1, -0.05) is 44.9 Å². The first-order chi connectivity index (χ1) is 9.43. The average Bonchev–Trinajstić information content (AvgIpc) is 2.46. The van der Waals surface area contributed by atoms with Gasteiger partial charge in [0.15, 0.2) is 6.29 Å². The zero-order valence-electron chi connectivity index (χ0n) is 12.4. The van der Waals surface area contributed by atoms with E-state index in [2.05, 4.69) is 4.90 Å². The van der Waals surface area contributed by atoms with Gasteiger partial charge in [-0.2, -0.15) is 0 Å². The van der Waals surface area contributed by atoms with Crippen molar-refractivity contribution in [3.05, 3.63) is 0 Å². The average molecular weight is 268 g/mol. The van der Waals surface area contributed by atoms with Gasteiger partial charge in [0.25, 0.3) is 0 Å². The molecule has 1 rings (SSSR count). The number of hydrogen-bond acceptors (Lipinski definition) is 3. The highest BCUT2D eigenvalue weighted by molar-refractivity contribution is 5.50. The van der Waals surface area contributed by atoms with Gasteiger partial charge in [0.2, 0.25) is 0 Å². The number of unbranched alkanes of at least 4 members (excludes halogenated alkanes) is 9. The van der Waals surface area contributed by atoms with Gasteiger partial charge in [-0.15, -0.1) is 0 Å². The molecule has 1 fully saturated rings. The molecule has 0 amide bonds. The molecule has 1 heterocycles. The second kappa shape index (κ2) is 12.6. The quantitative estimate of drug-likeness (QED) is 0.508. The lowest BCUT2D eigenvalue weighted by Crippen LogP contribution is -2.36. The maximum absolute atomic E-state index is 10.0. The zero-order chi connectivity index (χ0) is 13.6. The van der Waals surface area contributed by atoms with Crippen molar-refractivity contribution in [3.63, 3.8) is 0 Å². The minimum absolute atomic E-state index is 0.627. The maximum Gasteiger partial charge on any atom is 0.198 e. The number of ether oxygens (including phenoxy) is 1. The summed E-state index contributed by atoms with van der Waals surface area (Å²) in [5.41, 5.74) is 0. The summed E-state index contributed by atoms with van der Waals surface area (Å²) in [6.45, 7) is 5.34. The lowest BCUT2D eigenvalue weighted by molar-refractivity contribution is 0.0371. The molecule has 0 saturated carbocycles. The Morgan fingerprint density at radius 3 is 1.89 bits per heavy atom. The van der Waals surface area contributed by atoms with Crippen LogP contribution in [0.25, 0.3) is 0 Å². The van der Waals surface area contributed by atoms with Gasteiger partial charge < -0.3 is 4.74 Å². The largest absolute Gasteiger partial charge is 0.379 e. The lowest BCUT2D eigenvalue weighted by atomic mass is 10.1. The third-order valence-corrected chi connectivity index (χ3v) is 3.86. The van der Waals surface area contributed by atoms with Crippen LogP contribution in [-0.2, 0) is 9.53 Å². The normalized spacial score (nSPS) is 16.6. The Hall–Kier alpha value is -0.410. The molecule has 19 heavy (non-hydrogen) atoms. The van der Waals surface area contributed by atoms with Crippen LogP contribution >= 0.6 is 0 Å². The molecule has 0 bridgehead atoms. The SMILES string of the molecule is O=[C]CCCCCCCCCCCN1CCOCC1. The van der Waals surface area contributed by atoms with Crippen molar-refractivity contribution in [1.82, 2.24) is 4.90 Å². The Labute approximate surface area is 118 Å². The molecule has 1 saturated heterocycles. The second-order valence-electron chi connectivity index (χ2n) is 5.53. The Morgan fingerprint density at radius 2 is 1.32 bits per heavy atom. The Kier molecular flexibility index (Phi) is 11.1. The summed E-state index contributed by atoms with van der Waals surface area (Å²) in [7, 11) is 0. The van der Waals surface area contributed by atoms with E-state index in [4.69, 9.17) is 4.74 Å². The van der Waals surface area contributed by atoms with E-state index >= 15 is 0 Å². The standard InChI is InChI=1S/C16H30NO2/c18-14-10-8-6-4-2-1-3-5-7-9-11-17-12-15-19-16-13-17/h1-13,15-16H2. The fourth-order valence-corrected chi connectivity index (χ4v) is 2.59. The zero-order valence-corrected chi connectivity index (χ0v) is 12.4. The predicted molar refractivity (Wildman–Crippen MR) is 79.1 cm³/mol. The van der Waals surface area contributed by atoms with Crippen molar-refractivity contribution >= 4 is 6.29 Å². The van der Waals surface area contributed by atoms with Crippen LogP contribution in [0.15, 0.2) is 0 Å². The number of hydrogen-bond donors (Lipinski definition) is 0. The molecule has 1 aliphatic heterocycles. The number of carbonyl (C=O) groups excluding carboxylic acids is 1. The van der Waals surface area contributed by atoms with E-state index in [1.807, 2.05) is 6.29 Å². The Morgan fingerprint density at radius 1 is 0.789 bits per heavy atom. The van der Waals surface area contributed by atoms with Gasteiger partial charge in [0, 0.05) is 19.5 Å². The predicted octanol–water partition coefficient (Wildman–Crippen LogP) is 3.33. The van der Waals surface area contributed by atoms with Crippen LogP contribution in [0.3, 0.4) is 0 Å². The first kappa shape index (κ1) is 16.6. The highest BCUT2D eigenvalue weighted by atomic mass is 16.5. The molecule has 0 atom stereocenters. The fraction of sp³-hybridized carbons (Fsp3) is 0.938. The van der Waals surface area contributed by atoms with E-state index in [0.717, 1.165) is 32.7 Å². The summed E-state index contributed by atoms with van der Waals surface area (Å²) in [4.78, 5) is 12.5. The van der Waals surface area contributed by atoms with Crippen LogP contribution in [0, 0.1) is 0 Å². The summed E-state index contributed by atoms with van der Waals surface area (Å²) in [5, 5.41) is 0. The topological polar surface area (TPSA) is 29.5 Å². The smallest absolute Gasteiger partial charge is 0.198 e. The van der Waals surface area contributed by atoms with Crippen molar-refractivity contribution in [2.45, 2.75) is 64.2 Å². The summed E-state index contributed by atoms with van der Waals surface area (Å²) in [6.07, 6.45) is 14.3. The highest BCUT2D eigenvalue weighted by Gasteiger charge is 2.08. The van der Waals surface area contributed by atoms with Crippen LogP contribution in [0.4, 0.5) is 0 Å². The fourth-order valence-electron chi connectivity index (χ4n) is 2.59. The molecule has 0 N–H and O–H groups in total. The summed E-state index contributed by atoms with van der Waals surface area (Å²) >= 11 is 0. The van der Waals surface area contributed by atoms with Crippen LogP contribution in [0.2, 0.25) is 0 Å². The van der Waals surface area contributed by atoms with Gasteiger partial charge in [-0.25, -0.2) is 0 Å². The van der Waals surface area contributed by atoms with E-state index in [1.165, 1.54) is 57.9 Å². The highest BCUT2D eigenvalue weighted by Crippen LogP contribution is 2.10. The minimum atomic E-state index is 0.627. The summed E-state index contributed by atoms with van der Waals surface area (Å²) in [5.74, 6) is 0. The van der Waals surface area contributed by atoms with Crippen LogP contribution in [0.5, 0.6) is 0 Å². The molecule has 1 aliphatic rings. The maximum atomic E-state index is 10.0. The van der Waals surface area contributed by atoms with Crippen LogP contribution in [0.1, 0.15) is 64.2 Å². The molecule has 0 unspecified atom stereocenters. The summed E-state index contributed by atoms with van der Waals surface area (Å²) < 4.78 is 5.34. The molecular weight excluding hydrogens is 238 g/mol. The third kappa shape index (κ3) is 10.1. The van der Waals surface area contributed by atoms with Crippen molar-refractivity contribution in [2.75, 3.05) is 32.8 Å². The Bertz CT molecular complexity index is 203. The lowest BCUT2D eigenvalue weighted by Gasteiger charge is -2.26. The van der Waals surface area contributed by atoms with Gasteiger partial charge >= 0.3 is 0 Å². The summed E-state index contributed by atoms with van der Waals surface area (Å²) in [6, 6.07) is 0. The van der Waals surface area contributed by atoms with E-state index in [0.29, 0.717) is 6.42 Å². The minimum Gasteiger partial charge on any atom is -0.379 e. The molecule has 0 aromatic rings. The first-order valence-electron chi connectivity index (χ1n) is 8.08. The Balaban J connectivity index is 1.72. The molecule has 0 spiro atoms. The van der Waals surface area contributed by atoms with Gasteiger partial charge in [0.1, 0.15) is 0 Å². The molecule has 1 radical (unpaired) electrons. The van der Waals surface area contributed by atoms with Gasteiger partial charge in [-0.3, -0.25) is 9.69 Å². The van der Waals surface area contributed by atoms with Crippen molar-refractivity contribution < 1.29 is 9.53 Å². The molecule has 0 aliphatic carbocycles. The van der Waals surface area contributed by atoms with E-state index in [1.54, 1.807) is 0 Å². The van der Waals surface area contributed by atoms with E-state index < -0.39 is 0 Å². The number of nitrogens with zero attached hydrogens (tertiary/aromatic N) is 1. The van der Waals surface area contributed by atoms with Gasteiger partial charge in [-0.05, 0) is 19.4 Å². The molecule has 3 nitrogen and oxygen atoms in total. The second-order valence-corrected chi connectivity index (χ2v) is 5.53. The monoisotopic (exact) mass is 268 g/mol. The molecular formula is C16H30NO2. The molecule has 3 heteroatoms. The number of morpholine rings is 1. The van der Waals surface area contributed by atoms with Crippen LogP contribution < -0.4 is 0 Å². The van der Waals surface area contributed by atoms with Crippen molar-refractivity contribution in [3.8, 4) is 0 Å².